The van der Waals surface area contributed by atoms with Crippen LogP contribution < -0.4 is 10.5 Å². The van der Waals surface area contributed by atoms with Crippen molar-refractivity contribution in [2.45, 2.75) is 6.54 Å². The maximum Gasteiger partial charge on any atom is 0.219 e. The molecule has 0 aliphatic rings. The van der Waals surface area contributed by atoms with Gasteiger partial charge in [0, 0.05) is 16.2 Å². The van der Waals surface area contributed by atoms with Crippen LogP contribution >= 0.6 is 22.6 Å². The van der Waals surface area contributed by atoms with E-state index in [2.05, 4.69) is 27.6 Å². The molecule has 0 fully saturated rings. The molecular weight excluding hydrogens is 315 g/mol. The van der Waals surface area contributed by atoms with Crippen molar-refractivity contribution < 1.29 is 4.74 Å². The van der Waals surface area contributed by atoms with Crippen molar-refractivity contribution in [2.24, 2.45) is 5.73 Å². The topological polar surface area (TPSA) is 48.1 Å². The summed E-state index contributed by atoms with van der Waals surface area (Å²) in [5.41, 5.74) is 6.34. The number of rotatable bonds is 3. The zero-order valence-corrected chi connectivity index (χ0v) is 10.7. The third-order valence-electron chi connectivity index (χ3n) is 2.01. The lowest BCUT2D eigenvalue weighted by molar-refractivity contribution is 0.460. The van der Waals surface area contributed by atoms with Gasteiger partial charge in [-0.25, -0.2) is 4.98 Å². The fourth-order valence-electron chi connectivity index (χ4n) is 1.28. The Morgan fingerprint density at radius 3 is 2.75 bits per heavy atom. The Kier molecular flexibility index (Phi) is 3.74. The van der Waals surface area contributed by atoms with E-state index in [4.69, 9.17) is 10.5 Å². The second-order valence-corrected chi connectivity index (χ2v) is 4.48. The van der Waals surface area contributed by atoms with Gasteiger partial charge in [-0.1, -0.05) is 12.1 Å². The highest BCUT2D eigenvalue weighted by Crippen LogP contribution is 2.21. The lowest BCUT2D eigenvalue weighted by atomic mass is 10.3. The number of halogens is 1. The first kappa shape index (κ1) is 11.3. The molecule has 4 heteroatoms. The molecule has 0 aliphatic heterocycles. The van der Waals surface area contributed by atoms with Crippen LogP contribution in [0.5, 0.6) is 11.6 Å². The van der Waals surface area contributed by atoms with Crippen LogP contribution in [0, 0.1) is 3.57 Å². The second kappa shape index (κ2) is 5.27. The Balaban J connectivity index is 2.20. The lowest BCUT2D eigenvalue weighted by Crippen LogP contribution is -2.00. The monoisotopic (exact) mass is 326 g/mol. The zero-order chi connectivity index (χ0) is 11.4. The number of pyridine rings is 1. The van der Waals surface area contributed by atoms with Gasteiger partial charge < -0.3 is 10.5 Å². The lowest BCUT2D eigenvalue weighted by Gasteiger charge is -2.05. The highest BCUT2D eigenvalue weighted by Gasteiger charge is 2.00. The average Bonchev–Trinajstić information content (AvgIpc) is 2.29. The summed E-state index contributed by atoms with van der Waals surface area (Å²) in [4.78, 5) is 4.27. The molecule has 0 saturated heterocycles. The minimum atomic E-state index is 0.420. The Labute approximate surface area is 108 Å². The van der Waals surface area contributed by atoms with Crippen LogP contribution in [0.1, 0.15) is 5.69 Å². The van der Waals surface area contributed by atoms with Crippen LogP contribution in [0.15, 0.2) is 42.5 Å². The van der Waals surface area contributed by atoms with Crippen molar-refractivity contribution in [3.63, 3.8) is 0 Å². The first-order valence-electron chi connectivity index (χ1n) is 4.87. The molecule has 0 aliphatic carbocycles. The van der Waals surface area contributed by atoms with E-state index in [-0.39, 0.29) is 0 Å². The summed E-state index contributed by atoms with van der Waals surface area (Å²) in [5, 5.41) is 0. The molecule has 1 aromatic carbocycles. The van der Waals surface area contributed by atoms with E-state index in [9.17, 15) is 0 Å². The van der Waals surface area contributed by atoms with Crippen molar-refractivity contribution >= 4 is 22.6 Å². The van der Waals surface area contributed by atoms with E-state index in [1.54, 1.807) is 0 Å². The minimum Gasteiger partial charge on any atom is -0.439 e. The maximum absolute atomic E-state index is 5.63. The van der Waals surface area contributed by atoms with Gasteiger partial charge in [0.2, 0.25) is 5.88 Å². The van der Waals surface area contributed by atoms with E-state index >= 15 is 0 Å². The van der Waals surface area contributed by atoms with Crippen LogP contribution in [0.2, 0.25) is 0 Å². The van der Waals surface area contributed by atoms with Crippen molar-refractivity contribution in [3.05, 3.63) is 51.7 Å². The molecule has 1 heterocycles. The van der Waals surface area contributed by atoms with Gasteiger partial charge in [-0.05, 0) is 46.9 Å². The minimum absolute atomic E-state index is 0.420. The first-order chi connectivity index (χ1) is 7.78. The van der Waals surface area contributed by atoms with Gasteiger partial charge >= 0.3 is 0 Å². The molecule has 16 heavy (non-hydrogen) atoms. The summed E-state index contributed by atoms with van der Waals surface area (Å²) in [6.07, 6.45) is 0. The first-order valence-corrected chi connectivity index (χ1v) is 5.95. The summed E-state index contributed by atoms with van der Waals surface area (Å²) in [6.45, 7) is 0.420. The van der Waals surface area contributed by atoms with Crippen molar-refractivity contribution in [3.8, 4) is 11.6 Å². The Bertz CT molecular complexity index is 488. The third kappa shape index (κ3) is 2.93. The van der Waals surface area contributed by atoms with Crippen molar-refractivity contribution in [2.75, 3.05) is 0 Å². The highest BCUT2D eigenvalue weighted by molar-refractivity contribution is 14.1. The number of hydrogen-bond acceptors (Lipinski definition) is 3. The van der Waals surface area contributed by atoms with Crippen LogP contribution in [0.4, 0.5) is 0 Å². The molecule has 0 unspecified atom stereocenters. The van der Waals surface area contributed by atoms with E-state index in [0.717, 1.165) is 15.0 Å². The number of hydrogen-bond donors (Lipinski definition) is 1. The summed E-state index contributed by atoms with van der Waals surface area (Å²) < 4.78 is 6.76. The molecule has 2 aromatic rings. The van der Waals surface area contributed by atoms with Crippen molar-refractivity contribution in [1.82, 2.24) is 4.98 Å². The van der Waals surface area contributed by atoms with Gasteiger partial charge in [-0.2, -0.15) is 0 Å². The highest BCUT2D eigenvalue weighted by atomic mass is 127. The van der Waals surface area contributed by atoms with Crippen molar-refractivity contribution in [1.29, 1.82) is 0 Å². The largest absolute Gasteiger partial charge is 0.439 e. The predicted octanol–water partition coefficient (Wildman–Crippen LogP) is 2.94. The number of nitrogens with zero attached hydrogens (tertiary/aromatic N) is 1. The van der Waals surface area contributed by atoms with Gasteiger partial charge in [-0.15, -0.1) is 0 Å². The normalized spacial score (nSPS) is 10.1. The van der Waals surface area contributed by atoms with E-state index in [0.29, 0.717) is 12.4 Å². The Morgan fingerprint density at radius 1 is 1.19 bits per heavy atom. The number of ether oxygens (including phenoxy) is 1. The summed E-state index contributed by atoms with van der Waals surface area (Å²) >= 11 is 2.24. The number of aromatic nitrogens is 1. The van der Waals surface area contributed by atoms with Crippen LogP contribution in [-0.2, 0) is 6.54 Å². The molecule has 0 spiro atoms. The molecule has 82 valence electrons. The molecule has 1 aromatic heterocycles. The van der Waals surface area contributed by atoms with Crippen LogP contribution in [0.3, 0.4) is 0 Å². The summed E-state index contributed by atoms with van der Waals surface area (Å²) in [7, 11) is 0. The smallest absolute Gasteiger partial charge is 0.219 e. The summed E-state index contributed by atoms with van der Waals surface area (Å²) in [6, 6.07) is 13.4. The Morgan fingerprint density at radius 2 is 2.00 bits per heavy atom. The van der Waals surface area contributed by atoms with Gasteiger partial charge in [0.05, 0.1) is 5.69 Å². The maximum atomic E-state index is 5.63. The number of benzene rings is 1. The van der Waals surface area contributed by atoms with E-state index in [1.165, 1.54) is 0 Å². The molecule has 0 atom stereocenters. The molecule has 0 amide bonds. The van der Waals surface area contributed by atoms with E-state index in [1.807, 2.05) is 42.5 Å². The molecule has 2 rings (SSSR count). The Hall–Kier alpha value is -1.14. The zero-order valence-electron chi connectivity index (χ0n) is 8.56. The molecule has 0 radical (unpaired) electrons. The molecule has 3 nitrogen and oxygen atoms in total. The SMILES string of the molecule is NCc1cccc(Oc2cccc(I)c2)n1. The fourth-order valence-corrected chi connectivity index (χ4v) is 1.79. The van der Waals surface area contributed by atoms with Crippen LogP contribution in [-0.4, -0.2) is 4.98 Å². The standard InChI is InChI=1S/C12H11IN2O/c13-9-3-1-5-11(7-9)16-12-6-2-4-10(8-14)15-12/h1-7H,8,14H2. The molecule has 2 N–H and O–H groups in total. The third-order valence-corrected chi connectivity index (χ3v) is 2.68. The second-order valence-electron chi connectivity index (χ2n) is 3.23. The predicted molar refractivity (Wildman–Crippen MR) is 71.4 cm³/mol. The molecule has 0 bridgehead atoms. The van der Waals surface area contributed by atoms with Gasteiger partial charge in [0.15, 0.2) is 0 Å². The van der Waals surface area contributed by atoms with E-state index < -0.39 is 0 Å². The van der Waals surface area contributed by atoms with Gasteiger partial charge in [0.25, 0.3) is 0 Å². The molecular formula is C12H11IN2O. The number of nitrogens with two attached hydrogens (primary N) is 1. The summed E-state index contributed by atoms with van der Waals surface area (Å²) in [5.74, 6) is 1.36. The van der Waals surface area contributed by atoms with Gasteiger partial charge in [-0.3, -0.25) is 0 Å². The van der Waals surface area contributed by atoms with Gasteiger partial charge in [0.1, 0.15) is 5.75 Å². The van der Waals surface area contributed by atoms with Crippen LogP contribution in [0.25, 0.3) is 0 Å². The quantitative estimate of drug-likeness (QED) is 0.883. The fraction of sp³-hybridized carbons (Fsp3) is 0.0833. The average molecular weight is 326 g/mol. The molecule has 0 saturated carbocycles.